The lowest BCUT2D eigenvalue weighted by Crippen LogP contribution is -2.35. The first-order chi connectivity index (χ1) is 9.83. The van der Waals surface area contributed by atoms with E-state index in [1.54, 1.807) is 6.07 Å². The molecular weight excluding hydrogens is 286 g/mol. The summed E-state index contributed by atoms with van der Waals surface area (Å²) in [6, 6.07) is 9.23. The summed E-state index contributed by atoms with van der Waals surface area (Å²) in [6.45, 7) is 8.97. The van der Waals surface area contributed by atoms with Gasteiger partial charge in [-0.05, 0) is 51.5 Å². The van der Waals surface area contributed by atoms with Gasteiger partial charge in [0.2, 0.25) is 5.88 Å². The Morgan fingerprint density at radius 2 is 1.90 bits per heavy atom. The highest BCUT2D eigenvalue weighted by atomic mass is 35.5. The number of ether oxygens (including phenoxy) is 1. The van der Waals surface area contributed by atoms with Crippen LogP contribution in [0.3, 0.4) is 0 Å². The molecule has 4 nitrogen and oxygen atoms in total. The van der Waals surface area contributed by atoms with Crippen LogP contribution in [0, 0.1) is 6.92 Å². The number of halogens is 1. The van der Waals surface area contributed by atoms with Crippen LogP contribution in [0.15, 0.2) is 30.3 Å². The highest BCUT2D eigenvalue weighted by Crippen LogP contribution is 2.26. The molecule has 0 atom stereocenters. The molecule has 1 heterocycles. The number of nitrogens with one attached hydrogen (secondary N) is 1. The Kier molecular flexibility index (Phi) is 4.80. The van der Waals surface area contributed by atoms with E-state index in [2.05, 4.69) is 36.3 Å². The van der Waals surface area contributed by atoms with Crippen molar-refractivity contribution < 1.29 is 4.74 Å². The van der Waals surface area contributed by atoms with Gasteiger partial charge in [-0.1, -0.05) is 17.7 Å². The van der Waals surface area contributed by atoms with Gasteiger partial charge in [-0.15, -0.1) is 5.10 Å². The van der Waals surface area contributed by atoms with Crippen LogP contribution in [0.5, 0.6) is 11.6 Å². The lowest BCUT2D eigenvalue weighted by atomic mass is 10.1. The fraction of sp³-hybridized carbons (Fsp3) is 0.375. The lowest BCUT2D eigenvalue weighted by Gasteiger charge is -2.19. The highest BCUT2D eigenvalue weighted by molar-refractivity contribution is 6.30. The van der Waals surface area contributed by atoms with Crippen LogP contribution >= 0.6 is 11.6 Å². The van der Waals surface area contributed by atoms with Gasteiger partial charge in [-0.2, -0.15) is 5.10 Å². The van der Waals surface area contributed by atoms with E-state index in [9.17, 15) is 0 Å². The molecule has 0 radical (unpaired) electrons. The zero-order valence-corrected chi connectivity index (χ0v) is 13.5. The number of benzene rings is 1. The quantitative estimate of drug-likeness (QED) is 0.923. The number of aryl methyl sites for hydroxylation is 1. The number of hydrogen-bond donors (Lipinski definition) is 1. The predicted molar refractivity (Wildman–Crippen MR) is 84.9 cm³/mol. The highest BCUT2D eigenvalue weighted by Gasteiger charge is 2.09. The van der Waals surface area contributed by atoms with Gasteiger partial charge in [0.05, 0.1) is 5.69 Å². The Hall–Kier alpha value is -1.65. The zero-order valence-electron chi connectivity index (χ0n) is 12.8. The van der Waals surface area contributed by atoms with Crippen LogP contribution in [0.25, 0.3) is 0 Å². The van der Waals surface area contributed by atoms with Crippen molar-refractivity contribution in [2.24, 2.45) is 0 Å². The molecular formula is C16H20ClN3O. The monoisotopic (exact) mass is 305 g/mol. The molecule has 0 unspecified atom stereocenters. The third-order valence-corrected chi connectivity index (χ3v) is 3.09. The number of hydrogen-bond acceptors (Lipinski definition) is 4. The van der Waals surface area contributed by atoms with Crippen molar-refractivity contribution in [3.8, 4) is 11.6 Å². The first-order valence-electron chi connectivity index (χ1n) is 6.85. The molecule has 21 heavy (non-hydrogen) atoms. The van der Waals surface area contributed by atoms with Crippen LogP contribution in [0.2, 0.25) is 5.02 Å². The molecule has 0 aliphatic rings. The fourth-order valence-corrected chi connectivity index (χ4v) is 1.81. The second kappa shape index (κ2) is 6.41. The van der Waals surface area contributed by atoms with E-state index >= 15 is 0 Å². The first-order valence-corrected chi connectivity index (χ1v) is 7.23. The van der Waals surface area contributed by atoms with E-state index in [0.717, 1.165) is 11.3 Å². The maximum atomic E-state index is 5.97. The van der Waals surface area contributed by atoms with Crippen molar-refractivity contribution in [2.45, 2.75) is 39.8 Å². The number of aromatic nitrogens is 2. The third kappa shape index (κ3) is 4.99. The molecule has 0 bridgehead atoms. The van der Waals surface area contributed by atoms with Crippen LogP contribution in [0.1, 0.15) is 32.0 Å². The van der Waals surface area contributed by atoms with Crippen LogP contribution in [-0.2, 0) is 6.54 Å². The first kappa shape index (κ1) is 15.7. The molecule has 0 spiro atoms. The summed E-state index contributed by atoms with van der Waals surface area (Å²) in [4.78, 5) is 0. The second-order valence-electron chi connectivity index (χ2n) is 5.98. The van der Waals surface area contributed by atoms with Crippen molar-refractivity contribution in [2.75, 3.05) is 0 Å². The van der Waals surface area contributed by atoms with Crippen LogP contribution in [0.4, 0.5) is 0 Å². The molecule has 5 heteroatoms. The van der Waals surface area contributed by atoms with E-state index in [-0.39, 0.29) is 5.54 Å². The summed E-state index contributed by atoms with van der Waals surface area (Å²) in [5, 5.41) is 12.2. The summed E-state index contributed by atoms with van der Waals surface area (Å²) in [5.74, 6) is 1.15. The normalized spacial score (nSPS) is 11.5. The molecule has 0 amide bonds. The summed E-state index contributed by atoms with van der Waals surface area (Å²) in [6.07, 6.45) is 0. The van der Waals surface area contributed by atoms with Crippen molar-refractivity contribution in [1.82, 2.24) is 15.5 Å². The minimum atomic E-state index is 0.0503. The molecule has 0 saturated heterocycles. The molecule has 0 fully saturated rings. The van der Waals surface area contributed by atoms with E-state index in [0.29, 0.717) is 23.2 Å². The molecule has 1 aromatic carbocycles. The molecule has 1 N–H and O–H groups in total. The van der Waals surface area contributed by atoms with Gasteiger partial charge in [0.15, 0.2) is 0 Å². The average molecular weight is 306 g/mol. The second-order valence-corrected chi connectivity index (χ2v) is 6.41. The van der Waals surface area contributed by atoms with Gasteiger partial charge in [0, 0.05) is 23.2 Å². The summed E-state index contributed by atoms with van der Waals surface area (Å²) in [5.41, 5.74) is 1.93. The zero-order chi connectivity index (χ0) is 15.5. The molecule has 2 rings (SSSR count). The van der Waals surface area contributed by atoms with Crippen LogP contribution in [-0.4, -0.2) is 15.7 Å². The van der Waals surface area contributed by atoms with Crippen molar-refractivity contribution in [3.05, 3.63) is 46.6 Å². The van der Waals surface area contributed by atoms with E-state index in [1.807, 2.05) is 31.2 Å². The van der Waals surface area contributed by atoms with Gasteiger partial charge in [-0.3, -0.25) is 0 Å². The fourth-order valence-electron chi connectivity index (χ4n) is 1.65. The Morgan fingerprint density at radius 1 is 1.14 bits per heavy atom. The Balaban J connectivity index is 2.04. The molecule has 0 aliphatic heterocycles. The third-order valence-electron chi connectivity index (χ3n) is 2.86. The topological polar surface area (TPSA) is 47.0 Å². The molecule has 112 valence electrons. The number of nitrogens with zero attached hydrogens (tertiary/aromatic N) is 2. The van der Waals surface area contributed by atoms with Gasteiger partial charge in [0.25, 0.3) is 0 Å². The van der Waals surface area contributed by atoms with E-state index in [1.165, 1.54) is 0 Å². The minimum absolute atomic E-state index is 0.0503. The largest absolute Gasteiger partial charge is 0.437 e. The summed E-state index contributed by atoms with van der Waals surface area (Å²) < 4.78 is 5.71. The van der Waals surface area contributed by atoms with Gasteiger partial charge in [-0.25, -0.2) is 0 Å². The maximum absolute atomic E-state index is 5.97. The van der Waals surface area contributed by atoms with Gasteiger partial charge < -0.3 is 10.1 Å². The summed E-state index contributed by atoms with van der Waals surface area (Å²) >= 11 is 5.97. The Bertz CT molecular complexity index is 606. The smallest absolute Gasteiger partial charge is 0.238 e. The Morgan fingerprint density at radius 3 is 2.52 bits per heavy atom. The lowest BCUT2D eigenvalue weighted by molar-refractivity contribution is 0.416. The van der Waals surface area contributed by atoms with Gasteiger partial charge in [0.1, 0.15) is 5.75 Å². The Labute approximate surface area is 130 Å². The van der Waals surface area contributed by atoms with E-state index < -0.39 is 0 Å². The molecule has 0 aliphatic carbocycles. The maximum Gasteiger partial charge on any atom is 0.238 e. The minimum Gasteiger partial charge on any atom is -0.437 e. The van der Waals surface area contributed by atoms with Crippen molar-refractivity contribution in [3.63, 3.8) is 0 Å². The molecule has 1 aromatic heterocycles. The predicted octanol–water partition coefficient (Wildman–Crippen LogP) is 4.12. The number of rotatable bonds is 4. The van der Waals surface area contributed by atoms with Crippen molar-refractivity contribution in [1.29, 1.82) is 0 Å². The van der Waals surface area contributed by atoms with Crippen molar-refractivity contribution >= 4 is 11.6 Å². The summed E-state index contributed by atoms with van der Waals surface area (Å²) in [7, 11) is 0. The standard InChI is InChI=1S/C16H20ClN3O/c1-11-5-6-12(17)9-14(11)21-15-8-7-13(19-20-15)10-18-16(2,3)4/h5-9,18H,10H2,1-4H3. The van der Waals surface area contributed by atoms with E-state index in [4.69, 9.17) is 16.3 Å². The molecule has 2 aromatic rings. The van der Waals surface area contributed by atoms with Gasteiger partial charge >= 0.3 is 0 Å². The molecule has 0 saturated carbocycles. The SMILES string of the molecule is Cc1ccc(Cl)cc1Oc1ccc(CNC(C)(C)C)nn1. The van der Waals surface area contributed by atoms with Crippen LogP contribution < -0.4 is 10.1 Å². The average Bonchev–Trinajstić information content (AvgIpc) is 2.41.